The molecule has 0 spiro atoms. The first-order valence-corrected chi connectivity index (χ1v) is 8.83. The molecule has 1 N–H and O–H groups in total. The molecule has 0 fully saturated rings. The number of likely N-dealkylation sites (N-methyl/N-ethyl adjacent to an activating group) is 1. The molecule has 2 heterocycles. The van der Waals surface area contributed by atoms with E-state index in [-0.39, 0.29) is 31.5 Å². The molecule has 1 aliphatic heterocycles. The van der Waals surface area contributed by atoms with E-state index in [1.54, 1.807) is 30.4 Å². The van der Waals surface area contributed by atoms with Crippen LogP contribution in [0.3, 0.4) is 0 Å². The normalized spacial score (nSPS) is 14.3. The molecule has 0 atom stereocenters. The van der Waals surface area contributed by atoms with Crippen LogP contribution in [0.15, 0.2) is 48.4 Å². The van der Waals surface area contributed by atoms with Crippen molar-refractivity contribution in [1.29, 1.82) is 0 Å². The highest BCUT2D eigenvalue weighted by Gasteiger charge is 2.40. The van der Waals surface area contributed by atoms with Crippen LogP contribution in [0.5, 0.6) is 0 Å². The molecule has 140 valence electrons. The standard InChI is InChI=1S/C21H23N3O3/c1-14-6-7-17(11-15(14)2)18-19(23(3)9-10-25)21(27)24(20(18)26)13-16-5-4-8-22-12-16/h4-8,11-12,25H,9-10,13H2,1-3H3. The van der Waals surface area contributed by atoms with Crippen LogP contribution in [0.25, 0.3) is 5.57 Å². The van der Waals surface area contributed by atoms with Gasteiger partial charge < -0.3 is 10.0 Å². The Kier molecular flexibility index (Phi) is 5.37. The second-order valence-corrected chi connectivity index (χ2v) is 6.73. The summed E-state index contributed by atoms with van der Waals surface area (Å²) in [6.07, 6.45) is 3.29. The van der Waals surface area contributed by atoms with Gasteiger partial charge in [-0.15, -0.1) is 0 Å². The molecular formula is C21H23N3O3. The summed E-state index contributed by atoms with van der Waals surface area (Å²) in [5.74, 6) is -0.681. The highest BCUT2D eigenvalue weighted by atomic mass is 16.3. The number of rotatable bonds is 6. The number of aliphatic hydroxyl groups is 1. The van der Waals surface area contributed by atoms with Gasteiger partial charge in [0.15, 0.2) is 0 Å². The number of carbonyl (C=O) groups excluding carboxylic acids is 2. The number of aryl methyl sites for hydroxylation is 2. The molecule has 0 saturated heterocycles. The van der Waals surface area contributed by atoms with E-state index in [0.29, 0.717) is 16.8 Å². The molecule has 1 aromatic carbocycles. The SMILES string of the molecule is Cc1ccc(C2=C(N(C)CCO)C(=O)N(Cc3cccnc3)C2=O)cc1C. The Morgan fingerprint density at radius 1 is 1.11 bits per heavy atom. The summed E-state index contributed by atoms with van der Waals surface area (Å²) >= 11 is 0. The van der Waals surface area contributed by atoms with Crippen LogP contribution in [0.1, 0.15) is 22.3 Å². The van der Waals surface area contributed by atoms with Crippen LogP contribution in [0.2, 0.25) is 0 Å². The van der Waals surface area contributed by atoms with Crippen LogP contribution in [0, 0.1) is 13.8 Å². The summed E-state index contributed by atoms with van der Waals surface area (Å²) < 4.78 is 0. The lowest BCUT2D eigenvalue weighted by Gasteiger charge is -2.20. The van der Waals surface area contributed by atoms with Gasteiger partial charge in [-0.3, -0.25) is 19.5 Å². The lowest BCUT2D eigenvalue weighted by molar-refractivity contribution is -0.138. The number of hydrogen-bond donors (Lipinski definition) is 1. The van der Waals surface area contributed by atoms with Gasteiger partial charge >= 0.3 is 0 Å². The Morgan fingerprint density at radius 2 is 1.89 bits per heavy atom. The number of imide groups is 1. The van der Waals surface area contributed by atoms with Crippen LogP contribution in [0.4, 0.5) is 0 Å². The summed E-state index contributed by atoms with van der Waals surface area (Å²) in [5, 5.41) is 9.31. The minimum Gasteiger partial charge on any atom is -0.395 e. The Labute approximate surface area is 158 Å². The first-order valence-electron chi connectivity index (χ1n) is 8.83. The first kappa shape index (κ1) is 18.8. The van der Waals surface area contributed by atoms with E-state index in [2.05, 4.69) is 4.98 Å². The number of benzene rings is 1. The predicted octanol–water partition coefficient (Wildman–Crippen LogP) is 1.90. The van der Waals surface area contributed by atoms with Crippen LogP contribution >= 0.6 is 0 Å². The number of pyridine rings is 1. The molecule has 0 unspecified atom stereocenters. The lowest BCUT2D eigenvalue weighted by atomic mass is 9.99. The fourth-order valence-electron chi connectivity index (χ4n) is 3.15. The molecule has 1 aromatic heterocycles. The van der Waals surface area contributed by atoms with Crippen molar-refractivity contribution in [3.05, 3.63) is 70.7 Å². The second-order valence-electron chi connectivity index (χ2n) is 6.73. The van der Waals surface area contributed by atoms with Gasteiger partial charge in [-0.1, -0.05) is 24.3 Å². The Morgan fingerprint density at radius 3 is 2.52 bits per heavy atom. The maximum atomic E-state index is 13.2. The summed E-state index contributed by atoms with van der Waals surface area (Å²) in [7, 11) is 1.71. The molecule has 0 bridgehead atoms. The molecule has 0 radical (unpaired) electrons. The Bertz CT molecular complexity index is 906. The van der Waals surface area contributed by atoms with E-state index >= 15 is 0 Å². The molecule has 6 heteroatoms. The smallest absolute Gasteiger partial charge is 0.278 e. The van der Waals surface area contributed by atoms with Crippen LogP contribution < -0.4 is 0 Å². The second kappa shape index (κ2) is 7.72. The molecule has 0 aliphatic carbocycles. The molecule has 3 rings (SSSR count). The fourth-order valence-corrected chi connectivity index (χ4v) is 3.15. The summed E-state index contributed by atoms with van der Waals surface area (Å²) in [6, 6.07) is 9.35. The fraction of sp³-hybridized carbons (Fsp3) is 0.286. The number of amides is 2. The van der Waals surface area contributed by atoms with Gasteiger partial charge in [0, 0.05) is 26.0 Å². The molecular weight excluding hydrogens is 342 g/mol. The van der Waals surface area contributed by atoms with E-state index in [1.165, 1.54) is 4.90 Å². The van der Waals surface area contributed by atoms with Crippen LogP contribution in [-0.4, -0.2) is 51.9 Å². The van der Waals surface area contributed by atoms with Gasteiger partial charge in [0.1, 0.15) is 5.70 Å². The molecule has 1 aliphatic rings. The van der Waals surface area contributed by atoms with E-state index in [0.717, 1.165) is 16.7 Å². The van der Waals surface area contributed by atoms with E-state index in [4.69, 9.17) is 0 Å². The van der Waals surface area contributed by atoms with Gasteiger partial charge in [-0.2, -0.15) is 0 Å². The van der Waals surface area contributed by atoms with Gasteiger partial charge in [0.05, 0.1) is 18.7 Å². The Balaban J connectivity index is 2.05. The lowest BCUT2D eigenvalue weighted by Crippen LogP contribution is -2.34. The summed E-state index contributed by atoms with van der Waals surface area (Å²) in [4.78, 5) is 33.2. The number of aliphatic hydroxyl groups excluding tert-OH is 1. The van der Waals surface area contributed by atoms with Gasteiger partial charge in [-0.05, 0) is 42.2 Å². The van der Waals surface area contributed by atoms with Crippen molar-refractivity contribution >= 4 is 17.4 Å². The molecule has 27 heavy (non-hydrogen) atoms. The highest BCUT2D eigenvalue weighted by Crippen LogP contribution is 2.32. The third-order valence-corrected chi connectivity index (χ3v) is 4.82. The van der Waals surface area contributed by atoms with Crippen LogP contribution in [-0.2, 0) is 16.1 Å². The van der Waals surface area contributed by atoms with Crippen molar-refractivity contribution in [3.63, 3.8) is 0 Å². The minimum absolute atomic E-state index is 0.107. The van der Waals surface area contributed by atoms with Gasteiger partial charge in [-0.25, -0.2) is 0 Å². The predicted molar refractivity (Wildman–Crippen MR) is 102 cm³/mol. The monoisotopic (exact) mass is 365 g/mol. The van der Waals surface area contributed by atoms with E-state index in [1.807, 2.05) is 38.1 Å². The first-order chi connectivity index (χ1) is 12.9. The van der Waals surface area contributed by atoms with Crippen molar-refractivity contribution in [2.75, 3.05) is 20.2 Å². The molecule has 0 saturated carbocycles. The molecule has 2 aromatic rings. The minimum atomic E-state index is -0.354. The van der Waals surface area contributed by atoms with Crippen molar-refractivity contribution in [2.24, 2.45) is 0 Å². The third-order valence-electron chi connectivity index (χ3n) is 4.82. The van der Waals surface area contributed by atoms with Crippen molar-refractivity contribution in [3.8, 4) is 0 Å². The van der Waals surface area contributed by atoms with E-state index in [9.17, 15) is 14.7 Å². The number of carbonyl (C=O) groups is 2. The average Bonchev–Trinajstić information content (AvgIpc) is 2.90. The van der Waals surface area contributed by atoms with Crippen molar-refractivity contribution < 1.29 is 14.7 Å². The number of nitrogens with zero attached hydrogens (tertiary/aromatic N) is 3. The summed E-state index contributed by atoms with van der Waals surface area (Å²) in [5.41, 5.74) is 4.36. The van der Waals surface area contributed by atoms with Gasteiger partial charge in [0.25, 0.3) is 11.8 Å². The highest BCUT2D eigenvalue weighted by molar-refractivity contribution is 6.35. The largest absolute Gasteiger partial charge is 0.395 e. The quantitative estimate of drug-likeness (QED) is 0.792. The average molecular weight is 365 g/mol. The Hall–Kier alpha value is -2.99. The molecule has 6 nitrogen and oxygen atoms in total. The number of aromatic nitrogens is 1. The number of hydrogen-bond acceptors (Lipinski definition) is 5. The summed E-state index contributed by atoms with van der Waals surface area (Å²) in [6.45, 7) is 4.30. The van der Waals surface area contributed by atoms with Crippen molar-refractivity contribution in [1.82, 2.24) is 14.8 Å². The maximum absolute atomic E-state index is 13.2. The zero-order chi connectivity index (χ0) is 19.6. The zero-order valence-electron chi connectivity index (χ0n) is 15.8. The van der Waals surface area contributed by atoms with Crippen molar-refractivity contribution in [2.45, 2.75) is 20.4 Å². The molecule has 2 amide bonds. The third kappa shape index (κ3) is 3.61. The topological polar surface area (TPSA) is 73.7 Å². The maximum Gasteiger partial charge on any atom is 0.278 e. The zero-order valence-corrected chi connectivity index (χ0v) is 15.8. The van der Waals surface area contributed by atoms with Gasteiger partial charge in [0.2, 0.25) is 0 Å². The van der Waals surface area contributed by atoms with E-state index < -0.39 is 0 Å².